The van der Waals surface area contributed by atoms with E-state index in [2.05, 4.69) is 5.16 Å². The fourth-order valence-corrected chi connectivity index (χ4v) is 2.31. The van der Waals surface area contributed by atoms with E-state index in [-0.39, 0.29) is 0 Å². The molecule has 0 saturated carbocycles. The van der Waals surface area contributed by atoms with Crippen LogP contribution in [-0.4, -0.2) is 26.2 Å². The van der Waals surface area contributed by atoms with Crippen LogP contribution in [0.15, 0.2) is 59.9 Å². The Labute approximate surface area is 140 Å². The molecule has 0 spiro atoms. The van der Waals surface area contributed by atoms with Crippen LogP contribution in [0.25, 0.3) is 5.57 Å². The minimum atomic E-state index is 0.417. The van der Waals surface area contributed by atoms with E-state index in [1.165, 1.54) is 20.5 Å². The van der Waals surface area contributed by atoms with E-state index in [9.17, 15) is 4.79 Å². The van der Waals surface area contributed by atoms with Crippen LogP contribution in [-0.2, 0) is 14.4 Å². The van der Waals surface area contributed by atoms with Gasteiger partial charge in [-0.3, -0.25) is 4.79 Å². The first-order chi connectivity index (χ1) is 11.2. The van der Waals surface area contributed by atoms with Crippen LogP contribution < -0.4 is 0 Å². The standard InChI is InChI=1S/C18H16ClNO3/c1-22-12-14(11-21)16-5-3-4-6-17(16)18(20-23-2)13-7-9-15(19)10-8-13/h3-12H,1-2H3/b14-12-,20-18+. The van der Waals surface area contributed by atoms with Gasteiger partial charge in [0.15, 0.2) is 6.29 Å². The molecular formula is C18H16ClNO3. The molecular weight excluding hydrogens is 314 g/mol. The Balaban J connectivity index is 2.61. The normalized spacial score (nSPS) is 12.0. The van der Waals surface area contributed by atoms with Crippen LogP contribution in [0.2, 0.25) is 5.02 Å². The van der Waals surface area contributed by atoms with Gasteiger partial charge >= 0.3 is 0 Å². The fraction of sp³-hybridized carbons (Fsp3) is 0.111. The molecule has 4 nitrogen and oxygen atoms in total. The van der Waals surface area contributed by atoms with Crippen molar-refractivity contribution in [3.63, 3.8) is 0 Å². The Kier molecular flexibility index (Phi) is 5.94. The largest absolute Gasteiger partial charge is 0.504 e. The highest BCUT2D eigenvalue weighted by atomic mass is 35.5. The molecule has 0 atom stereocenters. The van der Waals surface area contributed by atoms with Crippen LogP contribution in [0.5, 0.6) is 0 Å². The lowest BCUT2D eigenvalue weighted by Gasteiger charge is -2.12. The Morgan fingerprint density at radius 3 is 2.26 bits per heavy atom. The van der Waals surface area contributed by atoms with Gasteiger partial charge in [0, 0.05) is 16.1 Å². The second kappa shape index (κ2) is 8.15. The average Bonchev–Trinajstić information content (AvgIpc) is 2.59. The van der Waals surface area contributed by atoms with Crippen molar-refractivity contribution in [2.45, 2.75) is 0 Å². The number of nitrogens with zero attached hydrogens (tertiary/aromatic N) is 1. The Hall–Kier alpha value is -2.59. The monoisotopic (exact) mass is 329 g/mol. The van der Waals surface area contributed by atoms with E-state index in [1.807, 2.05) is 36.4 Å². The van der Waals surface area contributed by atoms with Crippen molar-refractivity contribution in [2.24, 2.45) is 5.16 Å². The molecule has 0 N–H and O–H groups in total. The number of aldehydes is 1. The molecule has 0 bridgehead atoms. The predicted molar refractivity (Wildman–Crippen MR) is 91.6 cm³/mol. The van der Waals surface area contributed by atoms with Gasteiger partial charge in [-0.05, 0) is 17.7 Å². The van der Waals surface area contributed by atoms with Crippen molar-refractivity contribution in [2.75, 3.05) is 14.2 Å². The van der Waals surface area contributed by atoms with Gasteiger partial charge in [-0.1, -0.05) is 53.2 Å². The summed E-state index contributed by atoms with van der Waals surface area (Å²) in [6.07, 6.45) is 2.15. The number of rotatable bonds is 6. The Morgan fingerprint density at radius 1 is 1.04 bits per heavy atom. The minimum Gasteiger partial charge on any atom is -0.504 e. The Morgan fingerprint density at radius 2 is 1.70 bits per heavy atom. The lowest BCUT2D eigenvalue weighted by atomic mass is 9.94. The van der Waals surface area contributed by atoms with Gasteiger partial charge in [-0.2, -0.15) is 0 Å². The molecule has 0 amide bonds. The molecule has 0 saturated heterocycles. The first-order valence-electron chi connectivity index (χ1n) is 6.86. The number of methoxy groups -OCH3 is 1. The summed E-state index contributed by atoms with van der Waals surface area (Å²) in [6.45, 7) is 0. The maximum Gasteiger partial charge on any atom is 0.153 e. The third-order valence-electron chi connectivity index (χ3n) is 3.17. The molecule has 2 aromatic rings. The van der Waals surface area contributed by atoms with Crippen LogP contribution in [0.4, 0.5) is 0 Å². The summed E-state index contributed by atoms with van der Waals surface area (Å²) in [6, 6.07) is 14.7. The first-order valence-corrected chi connectivity index (χ1v) is 7.24. The highest BCUT2D eigenvalue weighted by Gasteiger charge is 2.15. The number of hydrogen-bond acceptors (Lipinski definition) is 4. The SMILES string of the molecule is CO/C=C(/C=O)c1ccccc1/C(=N/OC)c1ccc(Cl)cc1. The molecule has 2 rings (SSSR count). The van der Waals surface area contributed by atoms with Crippen LogP contribution in [0.1, 0.15) is 16.7 Å². The zero-order chi connectivity index (χ0) is 16.7. The summed E-state index contributed by atoms with van der Waals surface area (Å²) in [5.41, 5.74) is 3.30. The smallest absolute Gasteiger partial charge is 0.153 e. The number of ether oxygens (including phenoxy) is 1. The summed E-state index contributed by atoms with van der Waals surface area (Å²) in [7, 11) is 2.97. The van der Waals surface area contributed by atoms with E-state index >= 15 is 0 Å². The maximum absolute atomic E-state index is 11.4. The van der Waals surface area contributed by atoms with Crippen molar-refractivity contribution < 1.29 is 14.4 Å². The van der Waals surface area contributed by atoms with Crippen molar-refractivity contribution in [1.29, 1.82) is 0 Å². The van der Waals surface area contributed by atoms with Gasteiger partial charge in [0.2, 0.25) is 0 Å². The summed E-state index contributed by atoms with van der Waals surface area (Å²) in [5.74, 6) is 0. The van der Waals surface area contributed by atoms with Crippen molar-refractivity contribution in [3.05, 3.63) is 76.5 Å². The highest BCUT2D eigenvalue weighted by Crippen LogP contribution is 2.23. The number of allylic oxidation sites excluding steroid dienone is 1. The molecule has 0 heterocycles. The fourth-order valence-electron chi connectivity index (χ4n) is 2.18. The number of oxime groups is 1. The van der Waals surface area contributed by atoms with Crippen LogP contribution in [0.3, 0.4) is 0 Å². The Bertz CT molecular complexity index is 736. The van der Waals surface area contributed by atoms with Crippen molar-refractivity contribution >= 4 is 29.2 Å². The predicted octanol–water partition coefficient (Wildman–Crippen LogP) is 3.93. The molecule has 118 valence electrons. The number of benzene rings is 2. The third-order valence-corrected chi connectivity index (χ3v) is 3.42. The molecule has 23 heavy (non-hydrogen) atoms. The number of carbonyl (C=O) groups is 1. The summed E-state index contributed by atoms with van der Waals surface area (Å²) >= 11 is 5.94. The molecule has 0 aromatic heterocycles. The quantitative estimate of drug-likeness (QED) is 0.265. The molecule has 0 radical (unpaired) electrons. The zero-order valence-corrected chi connectivity index (χ0v) is 13.6. The van der Waals surface area contributed by atoms with E-state index < -0.39 is 0 Å². The first kappa shape index (κ1) is 16.8. The van der Waals surface area contributed by atoms with Gasteiger partial charge in [0.25, 0.3) is 0 Å². The lowest BCUT2D eigenvalue weighted by molar-refractivity contribution is -0.103. The van der Waals surface area contributed by atoms with E-state index in [1.54, 1.807) is 12.1 Å². The van der Waals surface area contributed by atoms with E-state index in [0.29, 0.717) is 21.9 Å². The van der Waals surface area contributed by atoms with E-state index in [4.69, 9.17) is 21.2 Å². The third kappa shape index (κ3) is 3.99. The van der Waals surface area contributed by atoms with Crippen LogP contribution >= 0.6 is 11.6 Å². The second-order valence-corrected chi connectivity index (χ2v) is 5.04. The average molecular weight is 330 g/mol. The molecule has 0 unspecified atom stereocenters. The highest BCUT2D eigenvalue weighted by molar-refractivity contribution is 6.30. The van der Waals surface area contributed by atoms with Gasteiger partial charge in [-0.25, -0.2) is 0 Å². The summed E-state index contributed by atoms with van der Waals surface area (Å²) in [5, 5.41) is 4.75. The molecule has 0 aliphatic heterocycles. The summed E-state index contributed by atoms with van der Waals surface area (Å²) < 4.78 is 4.98. The maximum atomic E-state index is 11.4. The molecule has 0 aliphatic rings. The summed E-state index contributed by atoms with van der Waals surface area (Å²) in [4.78, 5) is 16.4. The number of halogens is 1. The topological polar surface area (TPSA) is 47.9 Å². The molecule has 5 heteroatoms. The number of hydrogen-bond donors (Lipinski definition) is 0. The lowest BCUT2D eigenvalue weighted by Crippen LogP contribution is -2.08. The second-order valence-electron chi connectivity index (χ2n) is 4.60. The molecule has 0 fully saturated rings. The van der Waals surface area contributed by atoms with Crippen LogP contribution in [0, 0.1) is 0 Å². The zero-order valence-electron chi connectivity index (χ0n) is 12.8. The van der Waals surface area contributed by atoms with Gasteiger partial charge in [-0.15, -0.1) is 0 Å². The van der Waals surface area contributed by atoms with Gasteiger partial charge in [0.05, 0.1) is 18.9 Å². The number of carbonyl (C=O) groups excluding carboxylic acids is 1. The van der Waals surface area contributed by atoms with Crippen molar-refractivity contribution in [3.8, 4) is 0 Å². The van der Waals surface area contributed by atoms with Crippen molar-refractivity contribution in [1.82, 2.24) is 0 Å². The minimum absolute atomic E-state index is 0.417. The molecule has 0 aliphatic carbocycles. The van der Waals surface area contributed by atoms with Gasteiger partial charge in [0.1, 0.15) is 12.8 Å². The van der Waals surface area contributed by atoms with E-state index in [0.717, 1.165) is 17.4 Å². The van der Waals surface area contributed by atoms with Gasteiger partial charge < -0.3 is 9.57 Å². The molecule has 2 aromatic carbocycles.